The maximum Gasteiger partial charge on any atom is 0.159 e. The Hall–Kier alpha value is 0.140. The molecule has 15 heavy (non-hydrogen) atoms. The summed E-state index contributed by atoms with van der Waals surface area (Å²) in [4.78, 5) is 0. The number of benzene rings is 2. The van der Waals surface area contributed by atoms with E-state index in [0.717, 1.165) is 0 Å². The van der Waals surface area contributed by atoms with E-state index >= 15 is 0 Å². The number of halogens is 3. The minimum Gasteiger partial charge on any atom is -0.0616 e. The molecule has 0 aliphatic carbocycles. The minimum atomic E-state index is -0.332. The lowest BCUT2D eigenvalue weighted by Crippen LogP contribution is -1.98. The molecule has 3 heteroatoms. The molecule has 0 aromatic heterocycles. The molecule has 0 amide bonds. The quantitative estimate of drug-likeness (QED) is 0.523. The molecule has 0 fully saturated rings. The average Bonchev–Trinajstić information content (AvgIpc) is 2.16. The van der Waals surface area contributed by atoms with Crippen LogP contribution in [0.15, 0.2) is 36.4 Å². The molecule has 0 aliphatic heterocycles. The largest absolute Gasteiger partial charge is 0.159 e. The third kappa shape index (κ3) is 2.45. The van der Waals surface area contributed by atoms with Crippen LogP contribution in [0.3, 0.4) is 0 Å². The fourth-order valence-electron chi connectivity index (χ4n) is 1.67. The maximum absolute atomic E-state index is 3.54. The van der Waals surface area contributed by atoms with Gasteiger partial charge in [-0.3, -0.25) is 0 Å². The molecule has 2 aromatic rings. The van der Waals surface area contributed by atoms with Crippen LogP contribution >= 0.6 is 47.8 Å². The van der Waals surface area contributed by atoms with Crippen LogP contribution in [0.4, 0.5) is 0 Å². The molecule has 0 bridgehead atoms. The van der Waals surface area contributed by atoms with Crippen molar-refractivity contribution in [3.05, 3.63) is 47.5 Å². The SMILES string of the molecule is Cc1cc(C(Br)(Br)Br)cc2ccccc12. The standard InChI is InChI=1S/C12H9Br3/c1-8-6-10(12(13,14)15)7-9-4-2-3-5-11(8)9/h2-7H,1H3. The van der Waals surface area contributed by atoms with Gasteiger partial charge in [0.25, 0.3) is 0 Å². The number of alkyl halides is 3. The van der Waals surface area contributed by atoms with Gasteiger partial charge in [-0.05, 0) is 34.9 Å². The van der Waals surface area contributed by atoms with E-state index in [1.54, 1.807) is 0 Å². The van der Waals surface area contributed by atoms with E-state index in [-0.39, 0.29) is 2.14 Å². The fourth-order valence-corrected chi connectivity index (χ4v) is 2.35. The average molecular weight is 393 g/mol. The maximum atomic E-state index is 3.54. The zero-order valence-electron chi connectivity index (χ0n) is 8.10. The second kappa shape index (κ2) is 4.19. The lowest BCUT2D eigenvalue weighted by atomic mass is 10.0. The zero-order chi connectivity index (χ0) is 11.1. The van der Waals surface area contributed by atoms with Gasteiger partial charge < -0.3 is 0 Å². The molecule has 0 saturated carbocycles. The van der Waals surface area contributed by atoms with Crippen LogP contribution in [0.2, 0.25) is 0 Å². The smallest absolute Gasteiger partial charge is 0.0616 e. The molecule has 0 aliphatic rings. The summed E-state index contributed by atoms with van der Waals surface area (Å²) in [5, 5.41) is 2.56. The van der Waals surface area contributed by atoms with Crippen molar-refractivity contribution in [2.75, 3.05) is 0 Å². The molecule has 0 saturated heterocycles. The van der Waals surface area contributed by atoms with Gasteiger partial charge in [0.05, 0.1) is 0 Å². The minimum absolute atomic E-state index is 0.332. The first kappa shape index (κ1) is 11.6. The van der Waals surface area contributed by atoms with Crippen molar-refractivity contribution in [3.8, 4) is 0 Å². The molecular formula is C12H9Br3. The summed E-state index contributed by atoms with van der Waals surface area (Å²) >= 11 is 10.6. The second-order valence-electron chi connectivity index (χ2n) is 3.51. The van der Waals surface area contributed by atoms with E-state index in [1.807, 2.05) is 0 Å². The first-order valence-electron chi connectivity index (χ1n) is 4.55. The Morgan fingerprint density at radius 2 is 1.67 bits per heavy atom. The van der Waals surface area contributed by atoms with Crippen LogP contribution < -0.4 is 0 Å². The molecule has 0 N–H and O–H groups in total. The van der Waals surface area contributed by atoms with Gasteiger partial charge in [0.2, 0.25) is 0 Å². The summed E-state index contributed by atoms with van der Waals surface area (Å²) in [7, 11) is 0. The highest BCUT2D eigenvalue weighted by Gasteiger charge is 2.21. The van der Waals surface area contributed by atoms with Gasteiger partial charge in [-0.2, -0.15) is 0 Å². The van der Waals surface area contributed by atoms with Gasteiger partial charge >= 0.3 is 0 Å². The second-order valence-corrected chi connectivity index (χ2v) is 10.3. The Bertz CT molecular complexity index is 498. The first-order chi connectivity index (χ1) is 6.98. The van der Waals surface area contributed by atoms with Crippen molar-refractivity contribution in [1.82, 2.24) is 0 Å². The predicted octanol–water partition coefficient (Wildman–Crippen LogP) is 5.44. The molecule has 2 rings (SSSR count). The van der Waals surface area contributed by atoms with Crippen LogP contribution in [-0.4, -0.2) is 0 Å². The topological polar surface area (TPSA) is 0 Å². The Labute approximate surface area is 114 Å². The summed E-state index contributed by atoms with van der Waals surface area (Å²) < 4.78 is -0.332. The van der Waals surface area contributed by atoms with Gasteiger partial charge in [0.15, 0.2) is 2.14 Å². The van der Waals surface area contributed by atoms with Gasteiger partial charge in [-0.1, -0.05) is 78.1 Å². The van der Waals surface area contributed by atoms with E-state index in [4.69, 9.17) is 0 Å². The highest BCUT2D eigenvalue weighted by Crippen LogP contribution is 2.45. The van der Waals surface area contributed by atoms with E-state index in [0.29, 0.717) is 0 Å². The van der Waals surface area contributed by atoms with Crippen LogP contribution in [0, 0.1) is 6.92 Å². The van der Waals surface area contributed by atoms with Gasteiger partial charge in [0, 0.05) is 0 Å². The molecule has 0 spiro atoms. The third-order valence-corrected chi connectivity index (χ3v) is 3.77. The highest BCUT2D eigenvalue weighted by molar-refractivity contribution is 9.38. The summed E-state index contributed by atoms with van der Waals surface area (Å²) in [5.74, 6) is 0. The van der Waals surface area contributed by atoms with Crippen molar-refractivity contribution in [1.29, 1.82) is 0 Å². The van der Waals surface area contributed by atoms with Crippen molar-refractivity contribution < 1.29 is 0 Å². The Morgan fingerprint density at radius 3 is 2.33 bits per heavy atom. The van der Waals surface area contributed by atoms with E-state index in [9.17, 15) is 0 Å². The monoisotopic (exact) mass is 390 g/mol. The van der Waals surface area contributed by atoms with Gasteiger partial charge in [-0.25, -0.2) is 0 Å². The Kier molecular flexibility index (Phi) is 3.25. The van der Waals surface area contributed by atoms with E-state index in [1.165, 1.54) is 21.9 Å². The predicted molar refractivity (Wildman–Crippen MR) is 77.1 cm³/mol. The normalized spacial score (nSPS) is 12.0. The lowest BCUT2D eigenvalue weighted by molar-refractivity contribution is 1.35. The van der Waals surface area contributed by atoms with Crippen LogP contribution in [0.5, 0.6) is 0 Å². The summed E-state index contributed by atoms with van der Waals surface area (Å²) in [5.41, 5.74) is 2.45. The third-order valence-electron chi connectivity index (χ3n) is 2.40. The van der Waals surface area contributed by atoms with Gasteiger partial charge in [-0.15, -0.1) is 0 Å². The molecule has 0 unspecified atom stereocenters. The van der Waals surface area contributed by atoms with Gasteiger partial charge in [0.1, 0.15) is 0 Å². The highest BCUT2D eigenvalue weighted by atomic mass is 80.0. The van der Waals surface area contributed by atoms with Crippen molar-refractivity contribution in [3.63, 3.8) is 0 Å². The van der Waals surface area contributed by atoms with E-state index < -0.39 is 0 Å². The summed E-state index contributed by atoms with van der Waals surface area (Å²) in [6, 6.07) is 12.7. The molecule has 0 radical (unpaired) electrons. The molecule has 2 aromatic carbocycles. The van der Waals surface area contributed by atoms with Crippen LogP contribution in [-0.2, 0) is 2.14 Å². The molecule has 0 heterocycles. The number of fused-ring (bicyclic) bond motifs is 1. The molecule has 78 valence electrons. The molecule has 0 atom stereocenters. The number of aryl methyl sites for hydroxylation is 1. The number of rotatable bonds is 0. The summed E-state index contributed by atoms with van der Waals surface area (Å²) in [6.07, 6.45) is 0. The Morgan fingerprint density at radius 1 is 1.00 bits per heavy atom. The first-order valence-corrected chi connectivity index (χ1v) is 6.93. The molecule has 0 nitrogen and oxygen atoms in total. The molecular weight excluding hydrogens is 384 g/mol. The number of hydrogen-bond donors (Lipinski definition) is 0. The fraction of sp³-hybridized carbons (Fsp3) is 0.167. The van der Waals surface area contributed by atoms with Crippen molar-refractivity contribution in [2.24, 2.45) is 0 Å². The van der Waals surface area contributed by atoms with Crippen LogP contribution in [0.1, 0.15) is 11.1 Å². The van der Waals surface area contributed by atoms with Crippen LogP contribution in [0.25, 0.3) is 10.8 Å². The Balaban J connectivity index is 2.73. The van der Waals surface area contributed by atoms with E-state index in [2.05, 4.69) is 91.1 Å². The number of hydrogen-bond acceptors (Lipinski definition) is 0. The zero-order valence-corrected chi connectivity index (χ0v) is 12.9. The van der Waals surface area contributed by atoms with Crippen molar-refractivity contribution in [2.45, 2.75) is 9.07 Å². The lowest BCUT2D eigenvalue weighted by Gasteiger charge is -2.15. The summed E-state index contributed by atoms with van der Waals surface area (Å²) in [6.45, 7) is 2.13. The van der Waals surface area contributed by atoms with Crippen molar-refractivity contribution >= 4 is 58.6 Å².